The number of nitrogens with two attached hydrogens (primary N) is 2. The Morgan fingerprint density at radius 1 is 1.07 bits per heavy atom. The van der Waals surface area contributed by atoms with E-state index in [4.69, 9.17) is 11.5 Å². The SMILES string of the molecule is Cc1cc(-n2ccc(NC(=O)N3CCN(C(=O)C(C)(C)N)CC3)nc2=O)ccc1CCN1CC2C(CN)C2C1.Cl. The normalized spacial score (nSPS) is 22.5. The molecular formula is C28H41ClN8O3. The molecule has 40 heavy (non-hydrogen) atoms. The van der Waals surface area contributed by atoms with E-state index >= 15 is 0 Å². The molecule has 3 fully saturated rings. The molecule has 0 spiro atoms. The van der Waals surface area contributed by atoms with Crippen molar-refractivity contribution in [3.05, 3.63) is 52.1 Å². The second-order valence-electron chi connectivity index (χ2n) is 11.7. The van der Waals surface area contributed by atoms with Gasteiger partial charge in [0.25, 0.3) is 0 Å². The van der Waals surface area contributed by atoms with Gasteiger partial charge in [-0.15, -0.1) is 12.4 Å². The lowest BCUT2D eigenvalue weighted by Crippen LogP contribution is -2.58. The molecule has 11 nitrogen and oxygen atoms in total. The topological polar surface area (TPSA) is 143 Å². The minimum absolute atomic E-state index is 0. The fourth-order valence-electron chi connectivity index (χ4n) is 6.04. The van der Waals surface area contributed by atoms with Crippen LogP contribution in [0.2, 0.25) is 0 Å². The molecular weight excluding hydrogens is 532 g/mol. The lowest BCUT2D eigenvalue weighted by molar-refractivity contribution is -0.137. The van der Waals surface area contributed by atoms with Crippen LogP contribution in [-0.2, 0) is 11.2 Å². The van der Waals surface area contributed by atoms with Gasteiger partial charge >= 0.3 is 11.7 Å². The van der Waals surface area contributed by atoms with E-state index in [0.29, 0.717) is 26.2 Å². The molecule has 0 bridgehead atoms. The van der Waals surface area contributed by atoms with Crippen LogP contribution in [0.3, 0.4) is 0 Å². The zero-order valence-corrected chi connectivity index (χ0v) is 24.3. The number of aromatic nitrogens is 2. The number of rotatable bonds is 7. The van der Waals surface area contributed by atoms with Crippen molar-refractivity contribution in [2.45, 2.75) is 32.7 Å². The Hall–Kier alpha value is -2.99. The lowest BCUT2D eigenvalue weighted by Gasteiger charge is -2.37. The maximum absolute atomic E-state index is 12.8. The summed E-state index contributed by atoms with van der Waals surface area (Å²) in [7, 11) is 0. The Morgan fingerprint density at radius 2 is 1.73 bits per heavy atom. The van der Waals surface area contributed by atoms with Crippen LogP contribution in [-0.4, -0.2) is 94.1 Å². The maximum Gasteiger partial charge on any atom is 0.354 e. The number of nitrogens with zero attached hydrogens (tertiary/aromatic N) is 5. The predicted molar refractivity (Wildman–Crippen MR) is 157 cm³/mol. The number of aryl methyl sites for hydroxylation is 1. The molecule has 3 heterocycles. The van der Waals surface area contributed by atoms with Gasteiger partial charge in [0.1, 0.15) is 5.82 Å². The maximum atomic E-state index is 12.8. The highest BCUT2D eigenvalue weighted by atomic mass is 35.5. The van der Waals surface area contributed by atoms with Gasteiger partial charge in [-0.3, -0.25) is 14.7 Å². The van der Waals surface area contributed by atoms with Gasteiger partial charge in [-0.05, 0) is 80.8 Å². The molecule has 2 atom stereocenters. The number of hydrogen-bond donors (Lipinski definition) is 3. The predicted octanol–water partition coefficient (Wildman–Crippen LogP) is 1.06. The second kappa shape index (κ2) is 11.9. The molecule has 5 rings (SSSR count). The number of hydrogen-bond acceptors (Lipinski definition) is 7. The summed E-state index contributed by atoms with van der Waals surface area (Å²) >= 11 is 0. The summed E-state index contributed by atoms with van der Waals surface area (Å²) in [6.07, 6.45) is 2.60. The van der Waals surface area contributed by atoms with E-state index in [1.165, 1.54) is 10.1 Å². The van der Waals surface area contributed by atoms with Crippen molar-refractivity contribution in [1.29, 1.82) is 0 Å². The molecule has 2 saturated heterocycles. The van der Waals surface area contributed by atoms with Crippen LogP contribution in [0.5, 0.6) is 0 Å². The highest BCUT2D eigenvalue weighted by molar-refractivity contribution is 5.89. The third-order valence-corrected chi connectivity index (χ3v) is 8.46. The summed E-state index contributed by atoms with van der Waals surface area (Å²) in [5, 5.41) is 2.70. The average molecular weight is 573 g/mol. The number of likely N-dealkylation sites (tertiary alicyclic amines) is 1. The third kappa shape index (κ3) is 6.33. The largest absolute Gasteiger partial charge is 0.354 e. The number of piperidine rings is 1. The fraction of sp³-hybridized carbons (Fsp3) is 0.571. The number of halogens is 1. The Bertz CT molecular complexity index is 1290. The van der Waals surface area contributed by atoms with Gasteiger partial charge in [0.2, 0.25) is 5.91 Å². The highest BCUT2D eigenvalue weighted by Crippen LogP contribution is 2.50. The summed E-state index contributed by atoms with van der Waals surface area (Å²) in [6.45, 7) is 11.2. The molecule has 3 amide bonds. The number of amides is 3. The van der Waals surface area contributed by atoms with E-state index in [0.717, 1.165) is 61.6 Å². The number of benzene rings is 1. The first-order chi connectivity index (χ1) is 18.5. The molecule has 2 aliphatic heterocycles. The van der Waals surface area contributed by atoms with Gasteiger partial charge in [-0.25, -0.2) is 9.59 Å². The van der Waals surface area contributed by atoms with Crippen LogP contribution in [0.1, 0.15) is 25.0 Å². The summed E-state index contributed by atoms with van der Waals surface area (Å²) < 4.78 is 1.48. The van der Waals surface area contributed by atoms with Gasteiger partial charge in [0.05, 0.1) is 11.2 Å². The molecule has 1 aromatic carbocycles. The van der Waals surface area contributed by atoms with Gasteiger partial charge in [0.15, 0.2) is 0 Å². The van der Waals surface area contributed by atoms with Crippen molar-refractivity contribution in [3.8, 4) is 5.69 Å². The number of carbonyl (C=O) groups excluding carboxylic acids is 2. The molecule has 2 aromatic rings. The molecule has 1 saturated carbocycles. The summed E-state index contributed by atoms with van der Waals surface area (Å²) in [5.74, 6) is 2.40. The summed E-state index contributed by atoms with van der Waals surface area (Å²) in [5.41, 5.74) is 13.5. The Kier molecular flexibility index (Phi) is 8.89. The monoisotopic (exact) mass is 572 g/mol. The Balaban J connectivity index is 0.00000370. The zero-order chi connectivity index (χ0) is 27.9. The number of carbonyl (C=O) groups is 2. The molecule has 0 radical (unpaired) electrons. The van der Waals surface area contributed by atoms with Crippen molar-refractivity contribution in [1.82, 2.24) is 24.3 Å². The van der Waals surface area contributed by atoms with E-state index in [9.17, 15) is 14.4 Å². The summed E-state index contributed by atoms with van der Waals surface area (Å²) in [4.78, 5) is 47.8. The van der Waals surface area contributed by atoms with E-state index in [1.807, 2.05) is 12.1 Å². The van der Waals surface area contributed by atoms with Crippen LogP contribution in [0.25, 0.3) is 5.69 Å². The number of fused-ring (bicyclic) bond motifs is 1. The minimum Gasteiger partial charge on any atom is -0.338 e. The van der Waals surface area contributed by atoms with Gasteiger partial charge < -0.3 is 26.2 Å². The Labute approximate surface area is 241 Å². The van der Waals surface area contributed by atoms with Crippen molar-refractivity contribution < 1.29 is 9.59 Å². The Morgan fingerprint density at radius 3 is 2.30 bits per heavy atom. The molecule has 2 unspecified atom stereocenters. The standard InChI is InChI=1S/C28H40N8O3.ClH/c1-18-14-20(5-4-19(18)6-8-33-16-22-21(15-29)23(22)17-33)36-9-7-24(32-27(36)39)31-26(38)35-12-10-34(11-13-35)25(37)28(2,3)30;/h4-5,7,9,14,21-23H,6,8,10-13,15-17,29-30H2,1-3H3,(H,31,32,38,39);1H. The fourth-order valence-corrected chi connectivity index (χ4v) is 6.04. The second-order valence-corrected chi connectivity index (χ2v) is 11.7. The van der Waals surface area contributed by atoms with Crippen LogP contribution in [0.15, 0.2) is 35.3 Å². The molecule has 5 N–H and O–H groups in total. The van der Waals surface area contributed by atoms with Crippen molar-refractivity contribution in [2.75, 3.05) is 57.7 Å². The lowest BCUT2D eigenvalue weighted by atomic mass is 10.0. The van der Waals surface area contributed by atoms with Crippen LogP contribution < -0.4 is 22.5 Å². The van der Waals surface area contributed by atoms with Gasteiger partial charge in [-0.1, -0.05) is 6.07 Å². The highest BCUT2D eigenvalue weighted by Gasteiger charge is 2.54. The first-order valence-electron chi connectivity index (χ1n) is 13.8. The minimum atomic E-state index is -0.944. The molecule has 1 aliphatic carbocycles. The van der Waals surface area contributed by atoms with Crippen LogP contribution in [0.4, 0.5) is 10.6 Å². The van der Waals surface area contributed by atoms with E-state index in [-0.39, 0.29) is 30.2 Å². The number of nitrogens with one attached hydrogen (secondary N) is 1. The average Bonchev–Trinajstić information content (AvgIpc) is 3.38. The van der Waals surface area contributed by atoms with Crippen LogP contribution >= 0.6 is 12.4 Å². The third-order valence-electron chi connectivity index (χ3n) is 8.46. The number of piperazine rings is 1. The number of urea groups is 1. The molecule has 218 valence electrons. The van der Waals surface area contributed by atoms with E-state index in [2.05, 4.69) is 28.2 Å². The molecule has 3 aliphatic rings. The van der Waals surface area contributed by atoms with Crippen molar-refractivity contribution >= 4 is 30.2 Å². The smallest absolute Gasteiger partial charge is 0.338 e. The van der Waals surface area contributed by atoms with Crippen molar-refractivity contribution in [3.63, 3.8) is 0 Å². The zero-order valence-electron chi connectivity index (χ0n) is 23.5. The van der Waals surface area contributed by atoms with Gasteiger partial charge in [0, 0.05) is 52.0 Å². The first kappa shape index (κ1) is 30.0. The summed E-state index contributed by atoms with van der Waals surface area (Å²) in [6, 6.07) is 7.30. The van der Waals surface area contributed by atoms with E-state index < -0.39 is 11.2 Å². The van der Waals surface area contributed by atoms with Crippen molar-refractivity contribution in [2.24, 2.45) is 29.2 Å². The molecule has 12 heteroatoms. The molecule has 1 aromatic heterocycles. The van der Waals surface area contributed by atoms with E-state index in [1.54, 1.807) is 35.9 Å². The first-order valence-corrected chi connectivity index (χ1v) is 13.8. The number of anilines is 1. The van der Waals surface area contributed by atoms with Gasteiger partial charge in [-0.2, -0.15) is 4.98 Å². The van der Waals surface area contributed by atoms with Crippen LogP contribution in [0, 0.1) is 24.7 Å². The quantitative estimate of drug-likeness (QED) is 0.450.